The zero-order valence-corrected chi connectivity index (χ0v) is 17.8. The summed E-state index contributed by atoms with van der Waals surface area (Å²) in [5, 5.41) is 14.1. The number of hydrogen-bond acceptors (Lipinski definition) is 5. The maximum absolute atomic E-state index is 11.9. The van der Waals surface area contributed by atoms with Gasteiger partial charge in [0.15, 0.2) is 0 Å². The van der Waals surface area contributed by atoms with Crippen molar-refractivity contribution >= 4 is 33.3 Å². The van der Waals surface area contributed by atoms with Crippen LogP contribution in [0, 0.1) is 5.92 Å². The van der Waals surface area contributed by atoms with Crippen LogP contribution in [0.15, 0.2) is 30.3 Å². The Morgan fingerprint density at radius 3 is 2.69 bits per heavy atom. The molecule has 5 nitrogen and oxygen atoms in total. The van der Waals surface area contributed by atoms with E-state index in [0.717, 1.165) is 47.3 Å². The highest BCUT2D eigenvalue weighted by molar-refractivity contribution is 7.19. The smallest absolute Gasteiger partial charge is 0.326 e. The van der Waals surface area contributed by atoms with E-state index in [1.54, 1.807) is 11.3 Å². The van der Waals surface area contributed by atoms with Gasteiger partial charge in [-0.15, -0.1) is 11.3 Å². The Morgan fingerprint density at radius 1 is 1.21 bits per heavy atom. The highest BCUT2D eigenvalue weighted by Crippen LogP contribution is 2.39. The SMILES string of the molecule is CCC(C)C(Nc1nc(Cc2ccccc2)nc2sc3c(c12)CCCC3)C(=O)O. The number of hydrogen-bond donors (Lipinski definition) is 2. The van der Waals surface area contributed by atoms with Crippen LogP contribution in [0.3, 0.4) is 0 Å². The summed E-state index contributed by atoms with van der Waals surface area (Å²) in [5.74, 6) is 0.593. The molecule has 0 saturated carbocycles. The maximum Gasteiger partial charge on any atom is 0.326 e. The summed E-state index contributed by atoms with van der Waals surface area (Å²) >= 11 is 1.75. The summed E-state index contributed by atoms with van der Waals surface area (Å²) in [5.41, 5.74) is 2.47. The van der Waals surface area contributed by atoms with Crippen molar-refractivity contribution in [2.24, 2.45) is 5.92 Å². The fraction of sp³-hybridized carbons (Fsp3) is 0.435. The molecule has 1 aromatic carbocycles. The van der Waals surface area contributed by atoms with Crippen molar-refractivity contribution in [3.8, 4) is 0 Å². The third kappa shape index (κ3) is 4.13. The molecular formula is C23H27N3O2S. The molecule has 0 bridgehead atoms. The molecule has 2 aromatic heterocycles. The van der Waals surface area contributed by atoms with Gasteiger partial charge in [-0.1, -0.05) is 50.6 Å². The van der Waals surface area contributed by atoms with Crippen LogP contribution >= 0.6 is 11.3 Å². The first kappa shape index (κ1) is 19.8. The first-order valence-corrected chi connectivity index (χ1v) is 11.2. The summed E-state index contributed by atoms with van der Waals surface area (Å²) in [4.78, 5) is 24.0. The molecule has 0 aliphatic heterocycles. The quantitative estimate of drug-likeness (QED) is 0.570. The molecule has 29 heavy (non-hydrogen) atoms. The van der Waals surface area contributed by atoms with Crippen LogP contribution in [-0.4, -0.2) is 27.1 Å². The molecule has 152 valence electrons. The van der Waals surface area contributed by atoms with E-state index >= 15 is 0 Å². The third-order valence-corrected chi connectivity index (χ3v) is 7.02. The molecule has 2 unspecified atom stereocenters. The Labute approximate surface area is 175 Å². The van der Waals surface area contributed by atoms with Crippen molar-refractivity contribution in [2.45, 2.75) is 58.4 Å². The Balaban J connectivity index is 1.80. The molecule has 2 heterocycles. The van der Waals surface area contributed by atoms with Gasteiger partial charge in [0.2, 0.25) is 0 Å². The number of rotatable bonds is 7. The van der Waals surface area contributed by atoms with E-state index in [1.807, 2.05) is 32.0 Å². The van der Waals surface area contributed by atoms with Gasteiger partial charge < -0.3 is 10.4 Å². The monoisotopic (exact) mass is 409 g/mol. The first-order valence-electron chi connectivity index (χ1n) is 10.4. The lowest BCUT2D eigenvalue weighted by Crippen LogP contribution is -2.35. The minimum Gasteiger partial charge on any atom is -0.480 e. The van der Waals surface area contributed by atoms with Crippen molar-refractivity contribution in [3.05, 3.63) is 52.2 Å². The lowest BCUT2D eigenvalue weighted by molar-refractivity contribution is -0.139. The Kier molecular flexibility index (Phi) is 5.81. The van der Waals surface area contributed by atoms with Crippen LogP contribution in [0.25, 0.3) is 10.2 Å². The minimum absolute atomic E-state index is 0.00421. The average Bonchev–Trinajstić information content (AvgIpc) is 3.10. The fourth-order valence-electron chi connectivity index (χ4n) is 3.99. The zero-order valence-electron chi connectivity index (χ0n) is 16.9. The summed E-state index contributed by atoms with van der Waals surface area (Å²) < 4.78 is 0. The molecule has 0 saturated heterocycles. The normalized spacial score (nSPS) is 15.7. The van der Waals surface area contributed by atoms with Crippen LogP contribution in [0.4, 0.5) is 5.82 Å². The van der Waals surface area contributed by atoms with Gasteiger partial charge in [0, 0.05) is 11.3 Å². The first-order chi connectivity index (χ1) is 14.1. The molecule has 1 aliphatic rings. The van der Waals surface area contributed by atoms with Gasteiger partial charge in [-0.2, -0.15) is 0 Å². The van der Waals surface area contributed by atoms with Crippen molar-refractivity contribution in [2.75, 3.05) is 5.32 Å². The third-order valence-electron chi connectivity index (χ3n) is 5.84. The maximum atomic E-state index is 11.9. The predicted molar refractivity (Wildman–Crippen MR) is 118 cm³/mol. The van der Waals surface area contributed by atoms with Crippen LogP contribution in [-0.2, 0) is 24.1 Å². The van der Waals surface area contributed by atoms with Crippen molar-refractivity contribution in [3.63, 3.8) is 0 Å². The zero-order chi connectivity index (χ0) is 20.4. The number of fused-ring (bicyclic) bond motifs is 3. The predicted octanol–water partition coefficient (Wildman–Crippen LogP) is 5.07. The number of carboxylic acid groups (broad SMARTS) is 1. The summed E-state index contributed by atoms with van der Waals surface area (Å²) in [6, 6.07) is 9.50. The number of anilines is 1. The van der Waals surface area contributed by atoms with Crippen molar-refractivity contribution in [1.82, 2.24) is 9.97 Å². The second-order valence-electron chi connectivity index (χ2n) is 7.89. The number of thiophene rings is 1. The lowest BCUT2D eigenvalue weighted by Gasteiger charge is -2.22. The largest absolute Gasteiger partial charge is 0.480 e. The van der Waals surface area contributed by atoms with E-state index in [2.05, 4.69) is 17.4 Å². The van der Waals surface area contributed by atoms with E-state index in [1.165, 1.54) is 16.9 Å². The number of carbonyl (C=O) groups is 1. The van der Waals surface area contributed by atoms with Gasteiger partial charge in [-0.05, 0) is 42.7 Å². The number of aryl methyl sites for hydroxylation is 2. The highest BCUT2D eigenvalue weighted by Gasteiger charge is 2.27. The second kappa shape index (κ2) is 8.49. The van der Waals surface area contributed by atoms with Gasteiger partial charge in [-0.25, -0.2) is 14.8 Å². The summed E-state index contributed by atoms with van der Waals surface area (Å²) in [6.07, 6.45) is 5.89. The molecular weight excluding hydrogens is 382 g/mol. The van der Waals surface area contributed by atoms with Gasteiger partial charge >= 0.3 is 5.97 Å². The van der Waals surface area contributed by atoms with E-state index in [-0.39, 0.29) is 5.92 Å². The molecule has 0 radical (unpaired) electrons. The lowest BCUT2D eigenvalue weighted by atomic mass is 9.96. The van der Waals surface area contributed by atoms with Crippen molar-refractivity contribution < 1.29 is 9.90 Å². The van der Waals surface area contributed by atoms with E-state index in [0.29, 0.717) is 12.2 Å². The van der Waals surface area contributed by atoms with E-state index in [4.69, 9.17) is 9.97 Å². The molecule has 3 aromatic rings. The number of aromatic nitrogens is 2. The minimum atomic E-state index is -0.834. The van der Waals surface area contributed by atoms with E-state index < -0.39 is 12.0 Å². The molecule has 6 heteroatoms. The van der Waals surface area contributed by atoms with Gasteiger partial charge in [0.1, 0.15) is 22.5 Å². The van der Waals surface area contributed by atoms with Crippen molar-refractivity contribution in [1.29, 1.82) is 0 Å². The van der Waals surface area contributed by atoms with Crippen LogP contribution < -0.4 is 5.32 Å². The van der Waals surface area contributed by atoms with Gasteiger partial charge in [0.05, 0.1) is 5.39 Å². The van der Waals surface area contributed by atoms with Crippen LogP contribution in [0.2, 0.25) is 0 Å². The fourth-order valence-corrected chi connectivity index (χ4v) is 5.27. The highest BCUT2D eigenvalue weighted by atomic mass is 32.1. The second-order valence-corrected chi connectivity index (χ2v) is 8.97. The number of carboxylic acids is 1. The van der Waals surface area contributed by atoms with E-state index in [9.17, 15) is 9.90 Å². The molecule has 1 aliphatic carbocycles. The number of benzene rings is 1. The number of nitrogens with one attached hydrogen (secondary N) is 1. The van der Waals surface area contributed by atoms with Gasteiger partial charge in [-0.3, -0.25) is 0 Å². The van der Waals surface area contributed by atoms with Crippen LogP contribution in [0.5, 0.6) is 0 Å². The number of nitrogens with zero attached hydrogens (tertiary/aromatic N) is 2. The topological polar surface area (TPSA) is 75.1 Å². The molecule has 4 rings (SSSR count). The summed E-state index contributed by atoms with van der Waals surface area (Å²) in [7, 11) is 0. The average molecular weight is 410 g/mol. The van der Waals surface area contributed by atoms with Crippen LogP contribution in [0.1, 0.15) is 54.9 Å². The Morgan fingerprint density at radius 2 is 1.97 bits per heavy atom. The Hall–Kier alpha value is -2.47. The summed E-state index contributed by atoms with van der Waals surface area (Å²) in [6.45, 7) is 3.99. The number of aliphatic carboxylic acids is 1. The Bertz CT molecular complexity index is 1020. The molecule has 0 amide bonds. The molecule has 0 fully saturated rings. The standard InChI is InChI=1S/C23H27N3O2S/c1-3-14(2)20(23(27)28)26-21-19-16-11-7-8-12-17(16)29-22(19)25-18(24-21)13-15-9-5-4-6-10-15/h4-6,9-10,14,20H,3,7-8,11-13H2,1-2H3,(H,27,28)(H,24,25,26). The molecule has 2 N–H and O–H groups in total. The molecule has 2 atom stereocenters. The molecule has 0 spiro atoms. The van der Waals surface area contributed by atoms with Gasteiger partial charge in [0.25, 0.3) is 0 Å².